The van der Waals surface area contributed by atoms with Gasteiger partial charge < -0.3 is 20.5 Å². The highest BCUT2D eigenvalue weighted by Crippen LogP contribution is 2.24. The van der Waals surface area contributed by atoms with Gasteiger partial charge in [0.25, 0.3) is 11.6 Å². The van der Waals surface area contributed by atoms with Crippen molar-refractivity contribution in [1.82, 2.24) is 4.98 Å². The number of pyridine rings is 1. The van der Waals surface area contributed by atoms with Gasteiger partial charge >= 0.3 is 5.97 Å². The Morgan fingerprint density at radius 2 is 2.11 bits per heavy atom. The van der Waals surface area contributed by atoms with Crippen LogP contribution in [0.15, 0.2) is 36.5 Å². The zero-order chi connectivity index (χ0) is 20.7. The SMILES string of the molecule is C[C@H](OC(=O)c1cc([N+](=O)[O-])ccc1NCCO)C(=O)Nc1cccnc1Cl. The van der Waals surface area contributed by atoms with Crippen molar-refractivity contribution in [2.45, 2.75) is 13.0 Å². The van der Waals surface area contributed by atoms with Gasteiger partial charge in [-0.15, -0.1) is 0 Å². The van der Waals surface area contributed by atoms with Crippen LogP contribution in [0.3, 0.4) is 0 Å². The highest BCUT2D eigenvalue weighted by molar-refractivity contribution is 6.32. The maximum absolute atomic E-state index is 12.5. The van der Waals surface area contributed by atoms with E-state index in [1.165, 1.54) is 31.3 Å². The second kappa shape index (κ2) is 9.62. The van der Waals surface area contributed by atoms with E-state index in [0.717, 1.165) is 6.07 Å². The number of nitro groups is 1. The molecule has 1 heterocycles. The summed E-state index contributed by atoms with van der Waals surface area (Å²) in [4.78, 5) is 38.8. The lowest BCUT2D eigenvalue weighted by atomic mass is 10.1. The molecule has 3 N–H and O–H groups in total. The van der Waals surface area contributed by atoms with E-state index in [1.54, 1.807) is 6.07 Å². The number of aliphatic hydroxyl groups excluding tert-OH is 1. The number of esters is 1. The summed E-state index contributed by atoms with van der Waals surface area (Å²) in [6.07, 6.45) is 0.235. The van der Waals surface area contributed by atoms with Crippen molar-refractivity contribution in [1.29, 1.82) is 0 Å². The third-order valence-electron chi connectivity index (χ3n) is 3.53. The van der Waals surface area contributed by atoms with Crippen molar-refractivity contribution < 1.29 is 24.4 Å². The molecule has 1 aromatic carbocycles. The lowest BCUT2D eigenvalue weighted by molar-refractivity contribution is -0.384. The summed E-state index contributed by atoms with van der Waals surface area (Å²) in [7, 11) is 0. The number of rotatable bonds is 8. The van der Waals surface area contributed by atoms with E-state index in [-0.39, 0.29) is 40.9 Å². The number of non-ortho nitro benzene ring substituents is 1. The molecule has 0 fully saturated rings. The van der Waals surface area contributed by atoms with Crippen molar-refractivity contribution in [3.8, 4) is 0 Å². The molecule has 0 radical (unpaired) electrons. The van der Waals surface area contributed by atoms with Gasteiger partial charge in [0.1, 0.15) is 0 Å². The monoisotopic (exact) mass is 408 g/mol. The Bertz CT molecular complexity index is 892. The molecule has 0 aliphatic rings. The highest BCUT2D eigenvalue weighted by atomic mass is 35.5. The fourth-order valence-corrected chi connectivity index (χ4v) is 2.32. The van der Waals surface area contributed by atoms with E-state index in [4.69, 9.17) is 21.4 Å². The van der Waals surface area contributed by atoms with Crippen molar-refractivity contribution in [3.05, 3.63) is 57.4 Å². The molecule has 2 aromatic rings. The number of hydrogen-bond donors (Lipinski definition) is 3. The van der Waals surface area contributed by atoms with E-state index in [1.807, 2.05) is 0 Å². The number of carbonyl (C=O) groups is 2. The first-order chi connectivity index (χ1) is 13.3. The largest absolute Gasteiger partial charge is 0.449 e. The van der Waals surface area contributed by atoms with Crippen LogP contribution in [-0.4, -0.2) is 46.1 Å². The van der Waals surface area contributed by atoms with Gasteiger partial charge in [-0.05, 0) is 25.1 Å². The van der Waals surface area contributed by atoms with E-state index in [2.05, 4.69) is 15.6 Å². The molecule has 11 heteroatoms. The molecule has 0 spiro atoms. The van der Waals surface area contributed by atoms with Gasteiger partial charge in [-0.2, -0.15) is 0 Å². The molecule has 0 aliphatic carbocycles. The van der Waals surface area contributed by atoms with Crippen molar-refractivity contribution in [2.75, 3.05) is 23.8 Å². The number of hydrogen-bond acceptors (Lipinski definition) is 8. The molecule has 1 aromatic heterocycles. The van der Waals surface area contributed by atoms with Crippen LogP contribution in [0.1, 0.15) is 17.3 Å². The number of aliphatic hydroxyl groups is 1. The Morgan fingerprint density at radius 3 is 2.75 bits per heavy atom. The number of aromatic nitrogens is 1. The van der Waals surface area contributed by atoms with Gasteiger partial charge in [0.15, 0.2) is 11.3 Å². The predicted molar refractivity (Wildman–Crippen MR) is 101 cm³/mol. The summed E-state index contributed by atoms with van der Waals surface area (Å²) in [5, 5.41) is 25.2. The van der Waals surface area contributed by atoms with Gasteiger partial charge in [-0.1, -0.05) is 11.6 Å². The van der Waals surface area contributed by atoms with Crippen LogP contribution in [0, 0.1) is 10.1 Å². The molecule has 2 rings (SSSR count). The number of nitrogens with one attached hydrogen (secondary N) is 2. The molecule has 0 unspecified atom stereocenters. The molecule has 28 heavy (non-hydrogen) atoms. The maximum Gasteiger partial charge on any atom is 0.341 e. The molecule has 0 saturated heterocycles. The Kier molecular flexibility index (Phi) is 7.24. The van der Waals surface area contributed by atoms with Gasteiger partial charge in [-0.3, -0.25) is 14.9 Å². The smallest absolute Gasteiger partial charge is 0.341 e. The maximum atomic E-state index is 12.5. The van der Waals surface area contributed by atoms with E-state index in [9.17, 15) is 19.7 Å². The van der Waals surface area contributed by atoms with Crippen LogP contribution in [0.2, 0.25) is 5.15 Å². The topological polar surface area (TPSA) is 144 Å². The molecule has 1 atom stereocenters. The summed E-state index contributed by atoms with van der Waals surface area (Å²) in [6.45, 7) is 1.25. The summed E-state index contributed by atoms with van der Waals surface area (Å²) >= 11 is 5.86. The Balaban J connectivity index is 2.15. The van der Waals surface area contributed by atoms with Crippen LogP contribution < -0.4 is 10.6 Å². The minimum absolute atomic E-state index is 0.0727. The number of nitro benzene ring substituents is 1. The van der Waals surface area contributed by atoms with E-state index >= 15 is 0 Å². The average Bonchev–Trinajstić information content (AvgIpc) is 2.67. The first kappa shape index (κ1) is 21.1. The molecule has 0 aliphatic heterocycles. The van der Waals surface area contributed by atoms with Crippen LogP contribution in [0.5, 0.6) is 0 Å². The third kappa shape index (κ3) is 5.38. The molecule has 0 saturated carbocycles. The van der Waals surface area contributed by atoms with Gasteiger partial charge in [-0.25, -0.2) is 9.78 Å². The molecule has 1 amide bonds. The van der Waals surface area contributed by atoms with Crippen LogP contribution in [0.25, 0.3) is 0 Å². The number of ether oxygens (including phenoxy) is 1. The van der Waals surface area contributed by atoms with E-state index < -0.39 is 22.9 Å². The number of nitrogens with zero attached hydrogens (tertiary/aromatic N) is 2. The summed E-state index contributed by atoms with van der Waals surface area (Å²) < 4.78 is 5.13. The van der Waals surface area contributed by atoms with E-state index in [0.29, 0.717) is 0 Å². The predicted octanol–water partition coefficient (Wildman–Crippen LogP) is 2.23. The standard InChI is InChI=1S/C17H17ClN4O6/c1-10(16(24)21-14-3-2-6-20-15(14)18)28-17(25)12-9-11(22(26)27)4-5-13(12)19-7-8-23/h2-6,9-10,19,23H,7-8H2,1H3,(H,21,24)/t10-/m0/s1. The molecular formula is C17H17ClN4O6. The lowest BCUT2D eigenvalue weighted by Gasteiger charge is -2.16. The normalized spacial score (nSPS) is 11.4. The summed E-state index contributed by atoms with van der Waals surface area (Å²) in [5.41, 5.74) is 0.0210. The fraction of sp³-hybridized carbons (Fsp3) is 0.235. The number of amides is 1. The second-order valence-electron chi connectivity index (χ2n) is 5.52. The van der Waals surface area contributed by atoms with Gasteiger partial charge in [0, 0.05) is 30.6 Å². The van der Waals surface area contributed by atoms with Crippen molar-refractivity contribution in [2.24, 2.45) is 0 Å². The molecular weight excluding hydrogens is 392 g/mol. The highest BCUT2D eigenvalue weighted by Gasteiger charge is 2.23. The second-order valence-corrected chi connectivity index (χ2v) is 5.87. The van der Waals surface area contributed by atoms with Crippen molar-refractivity contribution >= 4 is 40.5 Å². The first-order valence-corrected chi connectivity index (χ1v) is 8.46. The quantitative estimate of drug-likeness (QED) is 0.261. The number of benzene rings is 1. The van der Waals surface area contributed by atoms with Crippen LogP contribution >= 0.6 is 11.6 Å². The number of anilines is 2. The Morgan fingerprint density at radius 1 is 1.36 bits per heavy atom. The van der Waals surface area contributed by atoms with Crippen LogP contribution in [-0.2, 0) is 9.53 Å². The summed E-state index contributed by atoms with van der Waals surface area (Å²) in [5.74, 6) is -1.59. The first-order valence-electron chi connectivity index (χ1n) is 8.09. The van der Waals surface area contributed by atoms with Crippen molar-refractivity contribution in [3.63, 3.8) is 0 Å². The summed E-state index contributed by atoms with van der Waals surface area (Å²) in [6, 6.07) is 6.66. The minimum atomic E-state index is -1.21. The number of carbonyl (C=O) groups excluding carboxylic acids is 2. The Hall–Kier alpha value is -3.24. The zero-order valence-corrected chi connectivity index (χ0v) is 15.5. The zero-order valence-electron chi connectivity index (χ0n) is 14.7. The third-order valence-corrected chi connectivity index (χ3v) is 3.83. The fourth-order valence-electron chi connectivity index (χ4n) is 2.15. The van der Waals surface area contributed by atoms with Gasteiger partial charge in [0.2, 0.25) is 0 Å². The number of halogens is 1. The molecule has 10 nitrogen and oxygen atoms in total. The lowest BCUT2D eigenvalue weighted by Crippen LogP contribution is -2.30. The van der Waals surface area contributed by atoms with Crippen LogP contribution in [0.4, 0.5) is 17.1 Å². The van der Waals surface area contributed by atoms with Gasteiger partial charge in [0.05, 0.1) is 22.8 Å². The molecule has 148 valence electrons. The molecule has 0 bridgehead atoms. The minimum Gasteiger partial charge on any atom is -0.449 e. The Labute approximate surface area is 164 Å². The average molecular weight is 409 g/mol.